The highest BCUT2D eigenvalue weighted by atomic mass is 31.0. The first-order valence-electron chi connectivity index (χ1n) is 11.5. The van der Waals surface area contributed by atoms with Crippen LogP contribution in [0.15, 0.2) is 66.7 Å². The van der Waals surface area contributed by atoms with E-state index in [2.05, 4.69) is 44.6 Å². The topological polar surface area (TPSA) is 83.5 Å². The molecule has 0 aliphatic heterocycles. The van der Waals surface area contributed by atoms with E-state index in [0.29, 0.717) is 12.3 Å². The standard InChI is InChI=1S/C27H31NO2P2.CH2O2/c1-4-23(17(2)3)27(30)21-8-6-19(7-9-21)20-10-12-22(13-11-20)28-26(29)16-18-5-14-24(31)25(32)15-18;2-1-3/h5-15,17,23H,4,16,31-32H2,1-3H3,(H,28,29);1H,(H,2,3). The van der Waals surface area contributed by atoms with Crippen LogP contribution < -0.4 is 15.9 Å². The number of rotatable bonds is 8. The summed E-state index contributed by atoms with van der Waals surface area (Å²) in [5.41, 5.74) is 4.60. The van der Waals surface area contributed by atoms with Crippen molar-refractivity contribution < 1.29 is 19.5 Å². The number of amides is 1. The second-order valence-electron chi connectivity index (χ2n) is 8.57. The molecule has 0 radical (unpaired) electrons. The highest BCUT2D eigenvalue weighted by molar-refractivity contribution is 7.35. The average molecular weight is 510 g/mol. The van der Waals surface area contributed by atoms with Crippen molar-refractivity contribution in [1.29, 1.82) is 0 Å². The number of hydrogen-bond donors (Lipinski definition) is 2. The number of ketones is 1. The number of Topliss-reactive ketones (excluding diaryl/α,β-unsaturated/α-hetero) is 1. The highest BCUT2D eigenvalue weighted by Gasteiger charge is 2.21. The van der Waals surface area contributed by atoms with E-state index in [-0.39, 0.29) is 24.1 Å². The van der Waals surface area contributed by atoms with Crippen LogP contribution in [0.25, 0.3) is 11.1 Å². The normalized spacial score (nSPS) is 11.3. The van der Waals surface area contributed by atoms with E-state index in [1.54, 1.807) is 0 Å². The van der Waals surface area contributed by atoms with E-state index >= 15 is 0 Å². The third-order valence-corrected chi connectivity index (χ3v) is 7.13. The maximum Gasteiger partial charge on any atom is 0.290 e. The Hall–Kier alpha value is -2.87. The number of anilines is 1. The summed E-state index contributed by atoms with van der Waals surface area (Å²) in [6.45, 7) is 6.01. The smallest absolute Gasteiger partial charge is 0.290 e. The Balaban J connectivity index is 0.00000137. The molecule has 3 rings (SSSR count). The van der Waals surface area contributed by atoms with Gasteiger partial charge in [-0.2, -0.15) is 0 Å². The predicted octanol–water partition coefficient (Wildman–Crippen LogP) is 5.10. The lowest BCUT2D eigenvalue weighted by Gasteiger charge is -2.17. The molecule has 2 N–H and O–H groups in total. The van der Waals surface area contributed by atoms with Crippen molar-refractivity contribution in [2.45, 2.75) is 33.6 Å². The van der Waals surface area contributed by atoms with Gasteiger partial charge in [0.2, 0.25) is 5.91 Å². The maximum absolute atomic E-state index is 12.7. The third-order valence-electron chi connectivity index (χ3n) is 5.77. The molecule has 3 unspecified atom stereocenters. The molecule has 3 aromatic carbocycles. The van der Waals surface area contributed by atoms with E-state index in [1.807, 2.05) is 66.7 Å². The summed E-state index contributed by atoms with van der Waals surface area (Å²) in [6.07, 6.45) is 1.19. The van der Waals surface area contributed by atoms with Crippen molar-refractivity contribution in [1.82, 2.24) is 0 Å². The Labute approximate surface area is 212 Å². The number of benzene rings is 3. The second-order valence-corrected chi connectivity index (χ2v) is 9.82. The largest absolute Gasteiger partial charge is 0.483 e. The van der Waals surface area contributed by atoms with Crippen LogP contribution in [0.4, 0.5) is 5.69 Å². The summed E-state index contributed by atoms with van der Waals surface area (Å²) in [6, 6.07) is 21.6. The SMILES string of the molecule is CCC(C(=O)c1ccc(-c2ccc(NC(=O)Cc3ccc(P)c(P)c3)cc2)cc1)C(C)C.O=CO. The first-order valence-corrected chi connectivity index (χ1v) is 12.6. The predicted molar refractivity (Wildman–Crippen MR) is 151 cm³/mol. The molecule has 35 heavy (non-hydrogen) atoms. The lowest BCUT2D eigenvalue weighted by atomic mass is 9.85. The lowest BCUT2D eigenvalue weighted by molar-refractivity contribution is -0.123. The first kappa shape index (κ1) is 28.4. The van der Waals surface area contributed by atoms with Crippen LogP contribution >= 0.6 is 18.5 Å². The van der Waals surface area contributed by atoms with Crippen LogP contribution in [-0.4, -0.2) is 23.3 Å². The molecule has 5 nitrogen and oxygen atoms in total. The van der Waals surface area contributed by atoms with E-state index in [1.165, 1.54) is 0 Å². The number of carbonyl (C=O) groups excluding carboxylic acids is 2. The van der Waals surface area contributed by atoms with Gasteiger partial charge in [-0.1, -0.05) is 75.4 Å². The minimum absolute atomic E-state index is 0.0443. The minimum Gasteiger partial charge on any atom is -0.483 e. The Morgan fingerprint density at radius 2 is 1.46 bits per heavy atom. The first-order chi connectivity index (χ1) is 16.7. The van der Waals surface area contributed by atoms with E-state index in [9.17, 15) is 9.59 Å². The van der Waals surface area contributed by atoms with Gasteiger partial charge in [0.15, 0.2) is 5.78 Å². The minimum atomic E-state index is -0.250. The molecule has 0 saturated heterocycles. The molecule has 0 fully saturated rings. The van der Waals surface area contributed by atoms with Crippen LogP contribution in [0.5, 0.6) is 0 Å². The molecule has 3 atom stereocenters. The van der Waals surface area contributed by atoms with Crippen molar-refractivity contribution in [2.24, 2.45) is 11.8 Å². The van der Waals surface area contributed by atoms with Crippen molar-refractivity contribution in [3.63, 3.8) is 0 Å². The monoisotopic (exact) mass is 509 g/mol. The van der Waals surface area contributed by atoms with Crippen LogP contribution in [0, 0.1) is 11.8 Å². The van der Waals surface area contributed by atoms with E-state index < -0.39 is 0 Å². The summed E-state index contributed by atoms with van der Waals surface area (Å²) >= 11 is 0. The van der Waals surface area contributed by atoms with Crippen molar-refractivity contribution in [2.75, 3.05) is 5.32 Å². The van der Waals surface area contributed by atoms with E-state index in [4.69, 9.17) is 9.90 Å². The molecule has 3 aromatic rings. The molecule has 0 aliphatic rings. The van der Waals surface area contributed by atoms with Gasteiger partial charge in [-0.05, 0) is 51.8 Å². The Morgan fingerprint density at radius 3 is 1.94 bits per heavy atom. The molecule has 7 heteroatoms. The summed E-state index contributed by atoms with van der Waals surface area (Å²) in [5.74, 6) is 0.568. The van der Waals surface area contributed by atoms with Crippen molar-refractivity contribution >= 4 is 52.9 Å². The van der Waals surface area contributed by atoms with Gasteiger partial charge in [0.05, 0.1) is 6.42 Å². The van der Waals surface area contributed by atoms with Crippen molar-refractivity contribution in [3.05, 3.63) is 77.9 Å². The highest BCUT2D eigenvalue weighted by Crippen LogP contribution is 2.25. The number of nitrogens with one attached hydrogen (secondary N) is 1. The van der Waals surface area contributed by atoms with Gasteiger partial charge >= 0.3 is 0 Å². The van der Waals surface area contributed by atoms with Gasteiger partial charge in [0.1, 0.15) is 0 Å². The Kier molecular flexibility index (Phi) is 11.2. The van der Waals surface area contributed by atoms with Crippen LogP contribution in [0.1, 0.15) is 43.1 Å². The molecule has 184 valence electrons. The maximum atomic E-state index is 12.7. The average Bonchev–Trinajstić information content (AvgIpc) is 2.83. The van der Waals surface area contributed by atoms with Gasteiger partial charge in [-0.3, -0.25) is 14.4 Å². The van der Waals surface area contributed by atoms with Gasteiger partial charge in [0, 0.05) is 17.2 Å². The number of carbonyl (C=O) groups is 3. The zero-order chi connectivity index (χ0) is 26.0. The second kappa shape index (κ2) is 13.9. The van der Waals surface area contributed by atoms with Crippen LogP contribution in [-0.2, 0) is 16.0 Å². The molecular formula is C28H33NO4P2. The van der Waals surface area contributed by atoms with Gasteiger partial charge in [0.25, 0.3) is 6.47 Å². The van der Waals surface area contributed by atoms with Crippen molar-refractivity contribution in [3.8, 4) is 11.1 Å². The molecule has 0 spiro atoms. The Morgan fingerprint density at radius 1 is 0.914 bits per heavy atom. The molecule has 0 bridgehead atoms. The fourth-order valence-corrected chi connectivity index (χ4v) is 4.36. The van der Waals surface area contributed by atoms with Crippen LogP contribution in [0.2, 0.25) is 0 Å². The summed E-state index contributed by atoms with van der Waals surface area (Å²) in [5, 5.41) is 12.0. The summed E-state index contributed by atoms with van der Waals surface area (Å²) < 4.78 is 0. The van der Waals surface area contributed by atoms with Gasteiger partial charge in [-0.15, -0.1) is 18.5 Å². The fraction of sp³-hybridized carbons (Fsp3) is 0.250. The number of carboxylic acid groups (broad SMARTS) is 1. The molecule has 0 saturated carbocycles. The Bertz CT molecular complexity index is 1140. The van der Waals surface area contributed by atoms with Crippen LogP contribution in [0.3, 0.4) is 0 Å². The quantitative estimate of drug-likeness (QED) is 0.251. The number of hydrogen-bond acceptors (Lipinski definition) is 3. The van der Waals surface area contributed by atoms with Gasteiger partial charge in [-0.25, -0.2) is 0 Å². The molecule has 1 amide bonds. The lowest BCUT2D eigenvalue weighted by Crippen LogP contribution is -2.19. The fourth-order valence-electron chi connectivity index (χ4n) is 3.87. The molecule has 0 heterocycles. The molecule has 0 aromatic heterocycles. The third kappa shape index (κ3) is 8.38. The molecule has 0 aliphatic carbocycles. The summed E-state index contributed by atoms with van der Waals surface area (Å²) in [4.78, 5) is 33.5. The molecular weight excluding hydrogens is 476 g/mol. The van der Waals surface area contributed by atoms with E-state index in [0.717, 1.165) is 45.0 Å². The zero-order valence-electron chi connectivity index (χ0n) is 20.3. The zero-order valence-corrected chi connectivity index (χ0v) is 22.6. The summed E-state index contributed by atoms with van der Waals surface area (Å²) in [7, 11) is 5.36. The van der Waals surface area contributed by atoms with Gasteiger partial charge < -0.3 is 10.4 Å².